The van der Waals surface area contributed by atoms with Gasteiger partial charge in [0.15, 0.2) is 0 Å². The maximum absolute atomic E-state index is 2.42. The lowest BCUT2D eigenvalue weighted by Crippen LogP contribution is -2.14. The zero-order valence-corrected chi connectivity index (χ0v) is 15.4. The van der Waals surface area contributed by atoms with E-state index in [1.165, 1.54) is 34.1 Å². The molecule has 0 radical (unpaired) electrons. The molecule has 0 aliphatic heterocycles. The van der Waals surface area contributed by atoms with Crippen molar-refractivity contribution >= 4 is 22.5 Å². The fourth-order valence-electron chi connectivity index (χ4n) is 3.56. The summed E-state index contributed by atoms with van der Waals surface area (Å²) in [6.07, 6.45) is 4.58. The molecule has 124 valence electrons. The second-order valence-electron chi connectivity index (χ2n) is 6.62. The SMILES string of the molecule is CSCCC(C)C(Cc1cccc2ccccc12)c1ccccc1. The molecule has 3 aromatic carbocycles. The van der Waals surface area contributed by atoms with Crippen molar-refractivity contribution in [2.45, 2.75) is 25.7 Å². The van der Waals surface area contributed by atoms with Crippen molar-refractivity contribution in [2.24, 2.45) is 5.92 Å². The molecule has 1 heteroatoms. The standard InChI is InChI=1S/C23H26S/c1-18(15-16-24-2)23(20-9-4-3-5-10-20)17-21-13-8-12-19-11-6-7-14-22(19)21/h3-14,18,23H,15-17H2,1-2H3. The highest BCUT2D eigenvalue weighted by molar-refractivity contribution is 7.98. The molecule has 0 heterocycles. The molecule has 3 rings (SSSR count). The molecule has 0 N–H and O–H groups in total. The summed E-state index contributed by atoms with van der Waals surface area (Å²) < 4.78 is 0. The van der Waals surface area contributed by atoms with Crippen molar-refractivity contribution in [1.82, 2.24) is 0 Å². The van der Waals surface area contributed by atoms with Crippen LogP contribution in [0.2, 0.25) is 0 Å². The van der Waals surface area contributed by atoms with E-state index in [9.17, 15) is 0 Å². The van der Waals surface area contributed by atoms with Gasteiger partial charge in [0.2, 0.25) is 0 Å². The van der Waals surface area contributed by atoms with Crippen LogP contribution < -0.4 is 0 Å². The van der Waals surface area contributed by atoms with Gasteiger partial charge in [-0.3, -0.25) is 0 Å². The largest absolute Gasteiger partial charge is 0.165 e. The maximum Gasteiger partial charge on any atom is -0.00676 e. The minimum atomic E-state index is 0.573. The number of benzene rings is 3. The monoisotopic (exact) mass is 334 g/mol. The van der Waals surface area contributed by atoms with E-state index in [0.29, 0.717) is 11.8 Å². The Morgan fingerprint density at radius 3 is 2.33 bits per heavy atom. The Morgan fingerprint density at radius 2 is 1.54 bits per heavy atom. The average Bonchev–Trinajstić information content (AvgIpc) is 2.65. The lowest BCUT2D eigenvalue weighted by molar-refractivity contribution is 0.446. The highest BCUT2D eigenvalue weighted by atomic mass is 32.2. The van der Waals surface area contributed by atoms with Crippen LogP contribution >= 0.6 is 11.8 Å². The number of rotatable bonds is 7. The summed E-state index contributed by atoms with van der Waals surface area (Å²) in [5.41, 5.74) is 2.94. The van der Waals surface area contributed by atoms with E-state index in [0.717, 1.165) is 6.42 Å². The molecule has 2 unspecified atom stereocenters. The van der Waals surface area contributed by atoms with E-state index in [1.54, 1.807) is 0 Å². The van der Waals surface area contributed by atoms with Gasteiger partial charge in [-0.15, -0.1) is 0 Å². The Bertz CT molecular complexity index is 758. The smallest absolute Gasteiger partial charge is 0.00676 e. The lowest BCUT2D eigenvalue weighted by atomic mass is 9.80. The zero-order valence-electron chi connectivity index (χ0n) is 14.6. The second kappa shape index (κ2) is 8.39. The number of hydrogen-bond donors (Lipinski definition) is 0. The summed E-state index contributed by atoms with van der Waals surface area (Å²) in [6.45, 7) is 2.42. The van der Waals surface area contributed by atoms with Crippen molar-refractivity contribution in [2.75, 3.05) is 12.0 Å². The van der Waals surface area contributed by atoms with Gasteiger partial charge in [0, 0.05) is 0 Å². The lowest BCUT2D eigenvalue weighted by Gasteiger charge is -2.25. The summed E-state index contributed by atoms with van der Waals surface area (Å²) in [5, 5.41) is 2.75. The number of hydrogen-bond acceptors (Lipinski definition) is 1. The summed E-state index contributed by atoms with van der Waals surface area (Å²) in [6, 6.07) is 26.5. The third-order valence-electron chi connectivity index (χ3n) is 5.01. The molecule has 0 bridgehead atoms. The van der Waals surface area contributed by atoms with Gasteiger partial charge in [-0.05, 0) is 58.6 Å². The fraction of sp³-hybridized carbons (Fsp3) is 0.304. The van der Waals surface area contributed by atoms with E-state index in [-0.39, 0.29) is 0 Å². The van der Waals surface area contributed by atoms with Crippen molar-refractivity contribution < 1.29 is 0 Å². The summed E-state index contributed by atoms with van der Waals surface area (Å²) in [5.74, 6) is 2.49. The number of fused-ring (bicyclic) bond motifs is 1. The minimum absolute atomic E-state index is 0.573. The van der Waals surface area contributed by atoms with E-state index < -0.39 is 0 Å². The molecule has 0 amide bonds. The molecule has 0 spiro atoms. The summed E-state index contributed by atoms with van der Waals surface area (Å²) >= 11 is 1.95. The van der Waals surface area contributed by atoms with Gasteiger partial charge in [-0.25, -0.2) is 0 Å². The van der Waals surface area contributed by atoms with Crippen LogP contribution in [0.3, 0.4) is 0 Å². The Hall–Kier alpha value is -1.73. The molecule has 24 heavy (non-hydrogen) atoms. The third-order valence-corrected chi connectivity index (χ3v) is 5.66. The summed E-state index contributed by atoms with van der Waals surface area (Å²) in [7, 11) is 0. The molecule has 2 atom stereocenters. The van der Waals surface area contributed by atoms with E-state index in [2.05, 4.69) is 86.0 Å². The topological polar surface area (TPSA) is 0 Å². The normalized spacial score (nSPS) is 13.8. The molecule has 0 nitrogen and oxygen atoms in total. The first kappa shape index (κ1) is 17.1. The first-order valence-corrected chi connectivity index (χ1v) is 10.2. The van der Waals surface area contributed by atoms with Crippen molar-refractivity contribution in [1.29, 1.82) is 0 Å². The van der Waals surface area contributed by atoms with Crippen molar-refractivity contribution in [3.63, 3.8) is 0 Å². The van der Waals surface area contributed by atoms with Crippen LogP contribution in [0.25, 0.3) is 10.8 Å². The van der Waals surface area contributed by atoms with Crippen LogP contribution in [-0.4, -0.2) is 12.0 Å². The van der Waals surface area contributed by atoms with Crippen molar-refractivity contribution in [3.05, 3.63) is 83.9 Å². The second-order valence-corrected chi connectivity index (χ2v) is 7.60. The molecular formula is C23H26S. The summed E-state index contributed by atoms with van der Waals surface area (Å²) in [4.78, 5) is 0. The average molecular weight is 335 g/mol. The first-order chi connectivity index (χ1) is 11.8. The molecule has 3 aromatic rings. The number of thioether (sulfide) groups is 1. The van der Waals surface area contributed by atoms with Crippen LogP contribution in [0, 0.1) is 5.92 Å². The van der Waals surface area contributed by atoms with E-state index in [1.807, 2.05) is 11.8 Å². The quantitative estimate of drug-likeness (QED) is 0.472. The van der Waals surface area contributed by atoms with Gasteiger partial charge in [0.25, 0.3) is 0 Å². The van der Waals surface area contributed by atoms with Gasteiger partial charge in [0.05, 0.1) is 0 Å². The zero-order chi connectivity index (χ0) is 16.8. The van der Waals surface area contributed by atoms with Gasteiger partial charge >= 0.3 is 0 Å². The highest BCUT2D eigenvalue weighted by Gasteiger charge is 2.20. The Morgan fingerprint density at radius 1 is 0.833 bits per heavy atom. The van der Waals surface area contributed by atoms with Gasteiger partial charge in [-0.1, -0.05) is 79.7 Å². The van der Waals surface area contributed by atoms with Crippen LogP contribution in [-0.2, 0) is 6.42 Å². The van der Waals surface area contributed by atoms with Crippen LogP contribution in [0.4, 0.5) is 0 Å². The predicted octanol–water partition coefficient (Wildman–Crippen LogP) is 6.56. The minimum Gasteiger partial charge on any atom is -0.165 e. The Labute approximate surface area is 150 Å². The first-order valence-electron chi connectivity index (χ1n) is 8.80. The maximum atomic E-state index is 2.42. The fourth-order valence-corrected chi connectivity index (χ4v) is 4.17. The van der Waals surface area contributed by atoms with Gasteiger partial charge in [-0.2, -0.15) is 11.8 Å². The Kier molecular flexibility index (Phi) is 5.98. The molecule has 0 saturated heterocycles. The molecule has 0 aliphatic rings. The van der Waals surface area contributed by atoms with Crippen LogP contribution in [0.5, 0.6) is 0 Å². The molecular weight excluding hydrogens is 308 g/mol. The Balaban J connectivity index is 1.93. The van der Waals surface area contributed by atoms with E-state index in [4.69, 9.17) is 0 Å². The molecule has 0 saturated carbocycles. The van der Waals surface area contributed by atoms with Gasteiger partial charge in [0.1, 0.15) is 0 Å². The van der Waals surface area contributed by atoms with Gasteiger partial charge < -0.3 is 0 Å². The van der Waals surface area contributed by atoms with E-state index >= 15 is 0 Å². The molecule has 0 aliphatic carbocycles. The highest BCUT2D eigenvalue weighted by Crippen LogP contribution is 2.33. The van der Waals surface area contributed by atoms with Crippen LogP contribution in [0.15, 0.2) is 72.8 Å². The third kappa shape index (κ3) is 4.02. The van der Waals surface area contributed by atoms with Crippen molar-refractivity contribution in [3.8, 4) is 0 Å². The predicted molar refractivity (Wildman–Crippen MR) is 109 cm³/mol. The molecule has 0 aromatic heterocycles. The van der Waals surface area contributed by atoms with Crippen LogP contribution in [0.1, 0.15) is 30.4 Å². The molecule has 0 fully saturated rings.